The molecule has 0 bridgehead atoms. The van der Waals surface area contributed by atoms with Crippen LogP contribution in [0.3, 0.4) is 0 Å². The highest BCUT2D eigenvalue weighted by Gasteiger charge is 2.33. The Morgan fingerprint density at radius 2 is 2.00 bits per heavy atom. The number of β-amino-alcohol motifs (C(OH)–C–C–N with tert-alkyl or cyclic N) is 1. The maximum Gasteiger partial charge on any atom is 0.387 e. The van der Waals surface area contributed by atoms with Gasteiger partial charge in [-0.25, -0.2) is 4.39 Å². The Bertz CT molecular complexity index is 912. The van der Waals surface area contributed by atoms with Crippen molar-refractivity contribution in [2.45, 2.75) is 32.1 Å². The molecular weight excluding hydrogens is 413 g/mol. The smallest absolute Gasteiger partial charge is 0.387 e. The van der Waals surface area contributed by atoms with E-state index in [1.165, 1.54) is 28.0 Å². The number of amides is 1. The van der Waals surface area contributed by atoms with Crippen molar-refractivity contribution in [3.63, 3.8) is 0 Å². The maximum absolute atomic E-state index is 13.4. The van der Waals surface area contributed by atoms with Gasteiger partial charge in [-0.05, 0) is 42.8 Å². The van der Waals surface area contributed by atoms with Gasteiger partial charge in [0.1, 0.15) is 12.0 Å². The molecule has 1 unspecified atom stereocenters. The van der Waals surface area contributed by atoms with E-state index in [2.05, 4.69) is 4.74 Å². The van der Waals surface area contributed by atoms with Crippen molar-refractivity contribution in [1.82, 2.24) is 4.90 Å². The molecule has 9 heteroatoms. The predicted molar refractivity (Wildman–Crippen MR) is 109 cm³/mol. The third-order valence-electron chi connectivity index (χ3n) is 5.22. The minimum Gasteiger partial charge on any atom is -0.490 e. The second-order valence-electron chi connectivity index (χ2n) is 7.29. The molecule has 0 aliphatic carbocycles. The number of nitrogens with zero attached hydrogens (tertiary/aromatic N) is 2. The lowest BCUT2D eigenvalue weighted by Gasteiger charge is -2.29. The molecule has 2 atom stereocenters. The molecule has 1 fully saturated rings. The average Bonchev–Trinajstić information content (AvgIpc) is 3.08. The lowest BCUT2D eigenvalue weighted by Crippen LogP contribution is -2.42. The molecule has 2 aromatic carbocycles. The SMILES string of the molecule is CCOc1cc([C@@H]2CC(=O)N(CC(O)N(C)c3cccc(F)c3)C2)ccc1OC(F)F. The van der Waals surface area contributed by atoms with Gasteiger partial charge in [0, 0.05) is 31.6 Å². The largest absolute Gasteiger partial charge is 0.490 e. The molecule has 2 aromatic rings. The number of hydrogen-bond donors (Lipinski definition) is 1. The van der Waals surface area contributed by atoms with Gasteiger partial charge >= 0.3 is 6.61 Å². The molecule has 1 saturated heterocycles. The van der Waals surface area contributed by atoms with Crippen LogP contribution in [-0.2, 0) is 4.79 Å². The van der Waals surface area contributed by atoms with E-state index in [1.54, 1.807) is 38.2 Å². The van der Waals surface area contributed by atoms with Gasteiger partial charge in [0.25, 0.3) is 0 Å². The highest BCUT2D eigenvalue weighted by Crippen LogP contribution is 2.36. The summed E-state index contributed by atoms with van der Waals surface area (Å²) in [5, 5.41) is 10.5. The summed E-state index contributed by atoms with van der Waals surface area (Å²) in [4.78, 5) is 15.5. The van der Waals surface area contributed by atoms with E-state index in [9.17, 15) is 23.1 Å². The summed E-state index contributed by atoms with van der Waals surface area (Å²) in [5.74, 6) is -0.606. The number of aliphatic hydroxyl groups is 1. The number of ether oxygens (including phenoxy) is 2. The number of aliphatic hydroxyl groups excluding tert-OH is 1. The molecule has 1 heterocycles. The topological polar surface area (TPSA) is 62.2 Å². The predicted octanol–water partition coefficient (Wildman–Crippen LogP) is 3.60. The lowest BCUT2D eigenvalue weighted by molar-refractivity contribution is -0.128. The molecule has 0 spiro atoms. The third kappa shape index (κ3) is 5.61. The van der Waals surface area contributed by atoms with E-state index in [-0.39, 0.29) is 42.9 Å². The number of alkyl halides is 2. The first-order valence-corrected chi connectivity index (χ1v) is 9.94. The first-order chi connectivity index (χ1) is 14.8. The highest BCUT2D eigenvalue weighted by atomic mass is 19.3. The molecule has 3 rings (SSSR count). The highest BCUT2D eigenvalue weighted by molar-refractivity contribution is 5.80. The molecule has 1 N–H and O–H groups in total. The first-order valence-electron chi connectivity index (χ1n) is 9.94. The number of benzene rings is 2. The minimum atomic E-state index is -2.97. The van der Waals surface area contributed by atoms with E-state index in [1.807, 2.05) is 0 Å². The van der Waals surface area contributed by atoms with E-state index < -0.39 is 18.7 Å². The molecule has 1 amide bonds. The zero-order chi connectivity index (χ0) is 22.5. The van der Waals surface area contributed by atoms with Gasteiger partial charge in [0.15, 0.2) is 11.5 Å². The molecule has 1 aliphatic heterocycles. The molecule has 31 heavy (non-hydrogen) atoms. The van der Waals surface area contributed by atoms with Crippen LogP contribution in [0.1, 0.15) is 24.8 Å². The molecule has 0 radical (unpaired) electrons. The van der Waals surface area contributed by atoms with Crippen molar-refractivity contribution < 1.29 is 32.5 Å². The summed E-state index contributed by atoms with van der Waals surface area (Å²) >= 11 is 0. The molecule has 1 aliphatic rings. The van der Waals surface area contributed by atoms with Crippen LogP contribution in [-0.4, -0.2) is 55.5 Å². The van der Waals surface area contributed by atoms with Crippen LogP contribution in [0.4, 0.5) is 18.9 Å². The summed E-state index contributed by atoms with van der Waals surface area (Å²) in [6.07, 6.45) is -0.804. The number of carbonyl (C=O) groups is 1. The summed E-state index contributed by atoms with van der Waals surface area (Å²) in [7, 11) is 1.62. The second kappa shape index (κ2) is 9.91. The fraction of sp³-hybridized carbons (Fsp3) is 0.409. The number of carbonyl (C=O) groups excluding carboxylic acids is 1. The van der Waals surface area contributed by atoms with Crippen molar-refractivity contribution in [2.24, 2.45) is 0 Å². The van der Waals surface area contributed by atoms with Gasteiger partial charge in [-0.1, -0.05) is 12.1 Å². The average molecular weight is 438 g/mol. The molecule has 0 saturated carbocycles. The van der Waals surface area contributed by atoms with E-state index in [0.717, 1.165) is 5.56 Å². The van der Waals surface area contributed by atoms with Crippen LogP contribution in [0.25, 0.3) is 0 Å². The van der Waals surface area contributed by atoms with Crippen LogP contribution in [0.15, 0.2) is 42.5 Å². The second-order valence-corrected chi connectivity index (χ2v) is 7.29. The molecular formula is C22H25F3N2O4. The zero-order valence-electron chi connectivity index (χ0n) is 17.3. The maximum atomic E-state index is 13.4. The van der Waals surface area contributed by atoms with Gasteiger partial charge in [0.05, 0.1) is 13.2 Å². The Labute approximate surface area is 178 Å². The Balaban J connectivity index is 1.68. The Morgan fingerprint density at radius 1 is 1.23 bits per heavy atom. The lowest BCUT2D eigenvalue weighted by atomic mass is 9.98. The number of hydrogen-bond acceptors (Lipinski definition) is 5. The summed E-state index contributed by atoms with van der Waals surface area (Å²) in [5.41, 5.74) is 1.25. The van der Waals surface area contributed by atoms with Crippen molar-refractivity contribution >= 4 is 11.6 Å². The third-order valence-corrected chi connectivity index (χ3v) is 5.22. The van der Waals surface area contributed by atoms with Crippen molar-refractivity contribution in [3.05, 3.63) is 53.8 Å². The summed E-state index contributed by atoms with van der Waals surface area (Å²) < 4.78 is 48.5. The van der Waals surface area contributed by atoms with Gasteiger partial charge in [-0.15, -0.1) is 0 Å². The Hall–Kier alpha value is -2.94. The van der Waals surface area contributed by atoms with Gasteiger partial charge in [-0.2, -0.15) is 8.78 Å². The van der Waals surface area contributed by atoms with E-state index in [0.29, 0.717) is 12.2 Å². The summed E-state index contributed by atoms with van der Waals surface area (Å²) in [6, 6.07) is 10.5. The molecule has 6 nitrogen and oxygen atoms in total. The Morgan fingerprint density at radius 3 is 2.68 bits per heavy atom. The number of likely N-dealkylation sites (tertiary alicyclic amines) is 1. The van der Waals surface area contributed by atoms with Crippen molar-refractivity contribution in [1.29, 1.82) is 0 Å². The normalized spacial score (nSPS) is 17.2. The van der Waals surface area contributed by atoms with E-state index in [4.69, 9.17) is 4.74 Å². The quantitative estimate of drug-likeness (QED) is 0.607. The number of rotatable bonds is 9. The fourth-order valence-electron chi connectivity index (χ4n) is 3.60. The first kappa shape index (κ1) is 22.7. The van der Waals surface area contributed by atoms with Crippen LogP contribution < -0.4 is 14.4 Å². The van der Waals surface area contributed by atoms with Crippen LogP contribution >= 0.6 is 0 Å². The monoisotopic (exact) mass is 438 g/mol. The molecule has 0 aromatic heterocycles. The van der Waals surface area contributed by atoms with Crippen molar-refractivity contribution in [2.75, 3.05) is 31.6 Å². The number of anilines is 1. The van der Waals surface area contributed by atoms with Gasteiger partial charge < -0.3 is 24.4 Å². The van der Waals surface area contributed by atoms with Crippen LogP contribution in [0.2, 0.25) is 0 Å². The van der Waals surface area contributed by atoms with Gasteiger partial charge in [-0.3, -0.25) is 4.79 Å². The number of likely N-dealkylation sites (N-methyl/N-ethyl adjacent to an activating group) is 1. The molecule has 168 valence electrons. The van der Waals surface area contributed by atoms with Crippen LogP contribution in [0.5, 0.6) is 11.5 Å². The fourth-order valence-corrected chi connectivity index (χ4v) is 3.60. The van der Waals surface area contributed by atoms with E-state index >= 15 is 0 Å². The Kier molecular flexibility index (Phi) is 7.27. The van der Waals surface area contributed by atoms with Crippen molar-refractivity contribution in [3.8, 4) is 11.5 Å². The minimum absolute atomic E-state index is 0.0489. The number of halogens is 3. The summed E-state index contributed by atoms with van der Waals surface area (Å²) in [6.45, 7) is -0.556. The van der Waals surface area contributed by atoms with Gasteiger partial charge in [0.2, 0.25) is 5.91 Å². The zero-order valence-corrected chi connectivity index (χ0v) is 17.3. The van der Waals surface area contributed by atoms with Crippen LogP contribution in [0, 0.1) is 5.82 Å². The standard InChI is InChI=1S/C22H25F3N2O4/c1-3-30-19-9-14(7-8-18(19)31-22(24)25)15-10-20(28)27(12-15)13-21(29)26(2)17-6-4-5-16(23)11-17/h4-9,11,15,21-22,29H,3,10,12-13H2,1-2H3/t15-,21?/m1/s1.